The van der Waals surface area contributed by atoms with Crippen LogP contribution in [0.3, 0.4) is 0 Å². The number of carbonyl (C=O) groups excluding carboxylic acids is 1. The summed E-state index contributed by atoms with van der Waals surface area (Å²) < 4.78 is 27.5. The van der Waals surface area contributed by atoms with E-state index < -0.39 is 11.6 Å². The number of urea groups is 1. The maximum absolute atomic E-state index is 13.8. The Hall–Kier alpha value is -1.76. The van der Waals surface area contributed by atoms with Crippen molar-refractivity contribution in [3.8, 4) is 0 Å². The van der Waals surface area contributed by atoms with E-state index in [9.17, 15) is 13.6 Å². The van der Waals surface area contributed by atoms with E-state index >= 15 is 0 Å². The highest BCUT2D eigenvalue weighted by atomic mass is 32.1. The predicted molar refractivity (Wildman–Crippen MR) is 104 cm³/mol. The lowest BCUT2D eigenvalue weighted by Gasteiger charge is -2.47. The number of aromatic nitrogens is 1. The molecule has 2 bridgehead atoms. The summed E-state index contributed by atoms with van der Waals surface area (Å²) >= 11 is 1.08. The lowest BCUT2D eigenvalue weighted by Crippen LogP contribution is -2.51. The van der Waals surface area contributed by atoms with Gasteiger partial charge in [-0.1, -0.05) is 31.6 Å². The van der Waals surface area contributed by atoms with Gasteiger partial charge in [0.05, 0.1) is 4.70 Å². The topological polar surface area (TPSA) is 54.0 Å². The highest BCUT2D eigenvalue weighted by Crippen LogP contribution is 2.45. The number of benzene rings is 1. The number of fused-ring (bicyclic) bond motifs is 3. The van der Waals surface area contributed by atoms with E-state index in [1.807, 2.05) is 0 Å². The summed E-state index contributed by atoms with van der Waals surface area (Å²) in [5.41, 5.74) is 0.0867. The number of halogens is 2. The Kier molecular flexibility index (Phi) is 5.05. The third-order valence-electron chi connectivity index (χ3n) is 6.27. The predicted octanol–water partition coefficient (Wildman–Crippen LogP) is 5.55. The lowest BCUT2D eigenvalue weighted by atomic mass is 9.62. The number of amides is 2. The SMILES string of the molecule is CCC1CC2CC(C)C(NC(=O)Nc3nc4c(F)cc(F)cc4s3)C(C1)C2. The van der Waals surface area contributed by atoms with E-state index in [2.05, 4.69) is 29.5 Å². The van der Waals surface area contributed by atoms with Crippen LogP contribution in [0, 0.1) is 35.3 Å². The molecule has 2 aliphatic carbocycles. The van der Waals surface area contributed by atoms with Gasteiger partial charge in [0.2, 0.25) is 0 Å². The van der Waals surface area contributed by atoms with Gasteiger partial charge in [0, 0.05) is 12.1 Å². The van der Waals surface area contributed by atoms with Crippen LogP contribution < -0.4 is 10.6 Å². The zero-order valence-electron chi connectivity index (χ0n) is 15.6. The van der Waals surface area contributed by atoms with Crippen LogP contribution in [0.25, 0.3) is 10.2 Å². The van der Waals surface area contributed by atoms with E-state index in [1.54, 1.807) is 0 Å². The van der Waals surface area contributed by atoms with Gasteiger partial charge in [0.15, 0.2) is 10.9 Å². The fourth-order valence-electron chi connectivity index (χ4n) is 5.13. The molecule has 5 atom stereocenters. The van der Waals surface area contributed by atoms with Crippen molar-refractivity contribution in [1.82, 2.24) is 10.3 Å². The minimum Gasteiger partial charge on any atom is -0.335 e. The number of carbonyl (C=O) groups is 1. The van der Waals surface area contributed by atoms with E-state index in [1.165, 1.54) is 31.7 Å². The first-order chi connectivity index (χ1) is 12.9. The minimum absolute atomic E-state index is 0.0867. The van der Waals surface area contributed by atoms with Crippen molar-refractivity contribution in [2.75, 3.05) is 5.32 Å². The number of thiazole rings is 1. The molecule has 0 saturated heterocycles. The van der Waals surface area contributed by atoms with Crippen molar-refractivity contribution in [3.63, 3.8) is 0 Å². The maximum Gasteiger partial charge on any atom is 0.321 e. The van der Waals surface area contributed by atoms with Crippen LogP contribution in [0.1, 0.15) is 46.0 Å². The molecule has 5 unspecified atom stereocenters. The number of nitrogens with zero attached hydrogens (tertiary/aromatic N) is 1. The van der Waals surface area contributed by atoms with Crippen molar-refractivity contribution in [2.45, 2.75) is 52.0 Å². The van der Waals surface area contributed by atoms with Crippen LogP contribution in [-0.2, 0) is 0 Å². The van der Waals surface area contributed by atoms with Crippen LogP contribution in [0.5, 0.6) is 0 Å². The molecule has 2 saturated carbocycles. The van der Waals surface area contributed by atoms with Gasteiger partial charge in [0.25, 0.3) is 0 Å². The Morgan fingerprint density at radius 3 is 2.85 bits per heavy atom. The molecule has 2 aliphatic rings. The van der Waals surface area contributed by atoms with Gasteiger partial charge >= 0.3 is 6.03 Å². The average molecular weight is 394 g/mol. The summed E-state index contributed by atoms with van der Waals surface area (Å²) in [7, 11) is 0. The van der Waals surface area contributed by atoms with Gasteiger partial charge in [-0.05, 0) is 55.4 Å². The summed E-state index contributed by atoms with van der Waals surface area (Å²) in [4.78, 5) is 16.6. The fourth-order valence-corrected chi connectivity index (χ4v) is 6.03. The first kappa shape index (κ1) is 18.6. The third kappa shape index (κ3) is 3.79. The molecular weight excluding hydrogens is 368 g/mol. The minimum atomic E-state index is -0.713. The number of nitrogens with one attached hydrogen (secondary N) is 2. The summed E-state index contributed by atoms with van der Waals surface area (Å²) in [6.07, 6.45) is 6.05. The fraction of sp³-hybridized carbons (Fsp3) is 0.600. The van der Waals surface area contributed by atoms with Gasteiger partial charge in [-0.15, -0.1) is 0 Å². The monoisotopic (exact) mass is 393 g/mol. The number of hydrogen-bond acceptors (Lipinski definition) is 3. The molecule has 1 aromatic heterocycles. The molecule has 1 heterocycles. The first-order valence-electron chi connectivity index (χ1n) is 9.76. The summed E-state index contributed by atoms with van der Waals surface area (Å²) in [5, 5.41) is 6.13. The van der Waals surface area contributed by atoms with Crippen molar-refractivity contribution < 1.29 is 13.6 Å². The molecule has 146 valence electrons. The molecule has 4 nitrogen and oxygen atoms in total. The summed E-state index contributed by atoms with van der Waals surface area (Å²) in [6.45, 7) is 4.46. The Morgan fingerprint density at radius 1 is 1.26 bits per heavy atom. The zero-order chi connectivity index (χ0) is 19.1. The largest absolute Gasteiger partial charge is 0.335 e. The smallest absolute Gasteiger partial charge is 0.321 e. The Bertz CT molecular complexity index is 853. The molecule has 2 amide bonds. The molecule has 0 spiro atoms. The zero-order valence-corrected chi connectivity index (χ0v) is 16.4. The Morgan fingerprint density at radius 2 is 2.07 bits per heavy atom. The molecule has 2 aromatic rings. The second kappa shape index (κ2) is 7.34. The van der Waals surface area contributed by atoms with Gasteiger partial charge < -0.3 is 5.32 Å². The Labute approximate surface area is 161 Å². The molecule has 7 heteroatoms. The van der Waals surface area contributed by atoms with E-state index in [0.29, 0.717) is 16.5 Å². The quantitative estimate of drug-likeness (QED) is 0.719. The van der Waals surface area contributed by atoms with Crippen LogP contribution in [-0.4, -0.2) is 17.1 Å². The second-order valence-electron chi connectivity index (χ2n) is 8.20. The van der Waals surface area contributed by atoms with Crippen molar-refractivity contribution in [3.05, 3.63) is 23.8 Å². The molecular formula is C20H25F2N3OS. The highest BCUT2D eigenvalue weighted by Gasteiger charge is 2.41. The van der Waals surface area contributed by atoms with Crippen LogP contribution in [0.15, 0.2) is 12.1 Å². The first-order valence-corrected chi connectivity index (χ1v) is 10.6. The standard InChI is InChI=1S/C20H25F2N3OS/c1-3-11-5-12-4-10(2)17(13(6-11)7-12)23-19(26)25-20-24-18-15(22)8-14(21)9-16(18)27-20/h8-13,17H,3-7H2,1-2H3,(H2,23,24,25,26). The van der Waals surface area contributed by atoms with Crippen LogP contribution in [0.4, 0.5) is 18.7 Å². The normalized spacial score (nSPS) is 30.3. The molecule has 2 N–H and O–H groups in total. The molecule has 2 fully saturated rings. The summed E-state index contributed by atoms with van der Waals surface area (Å²) in [5.74, 6) is 1.15. The average Bonchev–Trinajstić information content (AvgIpc) is 3.00. The second-order valence-corrected chi connectivity index (χ2v) is 9.23. The third-order valence-corrected chi connectivity index (χ3v) is 7.19. The van der Waals surface area contributed by atoms with E-state index in [4.69, 9.17) is 0 Å². The molecule has 1 aromatic carbocycles. The van der Waals surface area contributed by atoms with Crippen molar-refractivity contribution in [1.29, 1.82) is 0 Å². The van der Waals surface area contributed by atoms with Gasteiger partial charge in [-0.25, -0.2) is 18.6 Å². The van der Waals surface area contributed by atoms with Crippen molar-refractivity contribution in [2.24, 2.45) is 23.7 Å². The highest BCUT2D eigenvalue weighted by molar-refractivity contribution is 7.22. The van der Waals surface area contributed by atoms with Crippen LogP contribution in [0.2, 0.25) is 0 Å². The maximum atomic E-state index is 13.8. The van der Waals surface area contributed by atoms with Gasteiger partial charge in [-0.2, -0.15) is 0 Å². The molecule has 4 rings (SSSR count). The van der Waals surface area contributed by atoms with Crippen molar-refractivity contribution >= 4 is 32.7 Å². The van der Waals surface area contributed by atoms with Gasteiger partial charge in [-0.3, -0.25) is 5.32 Å². The number of hydrogen-bond donors (Lipinski definition) is 2. The van der Waals surface area contributed by atoms with E-state index in [-0.39, 0.29) is 22.7 Å². The molecule has 0 radical (unpaired) electrons. The number of anilines is 1. The lowest BCUT2D eigenvalue weighted by molar-refractivity contribution is 0.0685. The summed E-state index contributed by atoms with van der Waals surface area (Å²) in [6, 6.07) is 1.87. The molecule has 0 aliphatic heterocycles. The van der Waals surface area contributed by atoms with E-state index in [0.717, 1.165) is 35.7 Å². The Balaban J connectivity index is 1.45. The molecule has 27 heavy (non-hydrogen) atoms. The van der Waals surface area contributed by atoms with Crippen LogP contribution >= 0.6 is 11.3 Å². The van der Waals surface area contributed by atoms with Gasteiger partial charge in [0.1, 0.15) is 11.3 Å². The number of rotatable bonds is 3.